The fourth-order valence-corrected chi connectivity index (χ4v) is 2.61. The minimum Gasteiger partial charge on any atom is -0.480 e. The molecule has 1 atom stereocenters. The fourth-order valence-electron chi connectivity index (χ4n) is 2.61. The largest absolute Gasteiger partial charge is 0.480 e. The third kappa shape index (κ3) is 2.48. The van der Waals surface area contributed by atoms with Crippen LogP contribution in [0.5, 0.6) is 0 Å². The van der Waals surface area contributed by atoms with Crippen molar-refractivity contribution in [3.05, 3.63) is 34.4 Å². The average Bonchev–Trinajstić information content (AvgIpc) is 2.82. The molecule has 1 aliphatic rings. The third-order valence-electron chi connectivity index (χ3n) is 3.87. The smallest absolute Gasteiger partial charge is 0.326 e. The maximum Gasteiger partial charge on any atom is 0.326 e. The van der Waals surface area contributed by atoms with E-state index < -0.39 is 12.0 Å². The monoisotopic (exact) mass is 261 g/mol. The number of likely N-dealkylation sites (tertiary alicyclic amines) is 1. The molecule has 102 valence electrons. The Balaban J connectivity index is 2.34. The van der Waals surface area contributed by atoms with Crippen LogP contribution in [0.1, 0.15) is 39.9 Å². The molecule has 0 aromatic heterocycles. The van der Waals surface area contributed by atoms with Crippen molar-refractivity contribution < 1.29 is 14.7 Å². The molecule has 1 N–H and O–H groups in total. The maximum atomic E-state index is 12.5. The van der Waals surface area contributed by atoms with Crippen LogP contribution in [-0.4, -0.2) is 34.5 Å². The van der Waals surface area contributed by atoms with Crippen molar-refractivity contribution in [2.75, 3.05) is 6.54 Å². The number of carboxylic acid groups (broad SMARTS) is 1. The van der Waals surface area contributed by atoms with Gasteiger partial charge in [-0.25, -0.2) is 4.79 Å². The van der Waals surface area contributed by atoms with E-state index in [1.54, 1.807) is 0 Å². The van der Waals surface area contributed by atoms with Gasteiger partial charge in [0.05, 0.1) is 0 Å². The molecule has 0 spiro atoms. The van der Waals surface area contributed by atoms with Crippen molar-refractivity contribution in [1.29, 1.82) is 0 Å². The molecule has 2 rings (SSSR count). The number of rotatable bonds is 2. The molecular weight excluding hydrogens is 242 g/mol. The lowest BCUT2D eigenvalue weighted by Gasteiger charge is -2.22. The molecule has 1 aliphatic heterocycles. The first-order chi connectivity index (χ1) is 8.91. The Morgan fingerprint density at radius 2 is 1.79 bits per heavy atom. The minimum absolute atomic E-state index is 0.162. The number of amides is 1. The summed E-state index contributed by atoms with van der Waals surface area (Å²) in [6.45, 7) is 6.39. The molecular formula is C15H19NO3. The standard InChI is InChI=1S/C15H19NO3/c1-9-7-11(3)12(8-10(9)2)14(17)16-6-4-5-13(16)15(18)19/h7-8,13H,4-6H2,1-3H3,(H,18,19). The molecule has 1 unspecified atom stereocenters. The molecule has 19 heavy (non-hydrogen) atoms. The van der Waals surface area contributed by atoms with Crippen LogP contribution >= 0.6 is 0 Å². The van der Waals surface area contributed by atoms with E-state index in [0.717, 1.165) is 23.1 Å². The summed E-state index contributed by atoms with van der Waals surface area (Å²) in [5.74, 6) is -1.07. The van der Waals surface area contributed by atoms with Gasteiger partial charge in [0.15, 0.2) is 0 Å². The van der Waals surface area contributed by atoms with E-state index in [1.807, 2.05) is 32.9 Å². The summed E-state index contributed by atoms with van der Waals surface area (Å²) in [6.07, 6.45) is 1.30. The molecule has 0 aliphatic carbocycles. The highest BCUT2D eigenvalue weighted by atomic mass is 16.4. The molecule has 1 fully saturated rings. The van der Waals surface area contributed by atoms with E-state index in [2.05, 4.69) is 0 Å². The number of aliphatic carboxylic acids is 1. The van der Waals surface area contributed by atoms with Gasteiger partial charge < -0.3 is 10.0 Å². The first-order valence-corrected chi connectivity index (χ1v) is 6.53. The van der Waals surface area contributed by atoms with Crippen molar-refractivity contribution in [2.45, 2.75) is 39.7 Å². The highest BCUT2D eigenvalue weighted by molar-refractivity contribution is 5.98. The minimum atomic E-state index is -0.910. The lowest BCUT2D eigenvalue weighted by Crippen LogP contribution is -2.40. The zero-order valence-corrected chi connectivity index (χ0v) is 11.6. The van der Waals surface area contributed by atoms with Crippen LogP contribution in [0.15, 0.2) is 12.1 Å². The zero-order chi connectivity index (χ0) is 14.2. The first kappa shape index (κ1) is 13.6. The van der Waals surface area contributed by atoms with E-state index in [1.165, 1.54) is 4.90 Å². The quantitative estimate of drug-likeness (QED) is 0.888. The van der Waals surface area contributed by atoms with Gasteiger partial charge >= 0.3 is 5.97 Å². The number of hydrogen-bond acceptors (Lipinski definition) is 2. The molecule has 4 nitrogen and oxygen atoms in total. The Labute approximate surface area is 113 Å². The molecule has 1 aromatic carbocycles. The van der Waals surface area contributed by atoms with Crippen LogP contribution < -0.4 is 0 Å². The van der Waals surface area contributed by atoms with Crippen LogP contribution in [0.2, 0.25) is 0 Å². The number of carboxylic acids is 1. The fraction of sp³-hybridized carbons (Fsp3) is 0.467. The molecule has 0 radical (unpaired) electrons. The van der Waals surface area contributed by atoms with Gasteiger partial charge in [-0.15, -0.1) is 0 Å². The molecule has 0 bridgehead atoms. The van der Waals surface area contributed by atoms with Crippen molar-refractivity contribution in [3.63, 3.8) is 0 Å². The summed E-state index contributed by atoms with van der Waals surface area (Å²) in [4.78, 5) is 25.2. The van der Waals surface area contributed by atoms with Crippen molar-refractivity contribution in [1.82, 2.24) is 4.90 Å². The summed E-state index contributed by atoms with van der Waals surface area (Å²) < 4.78 is 0. The predicted octanol–water partition coefficient (Wildman–Crippen LogP) is 2.30. The highest BCUT2D eigenvalue weighted by Gasteiger charge is 2.34. The van der Waals surface area contributed by atoms with Gasteiger partial charge in [0.25, 0.3) is 5.91 Å². The van der Waals surface area contributed by atoms with E-state index in [-0.39, 0.29) is 5.91 Å². The average molecular weight is 261 g/mol. The number of carbonyl (C=O) groups is 2. The van der Waals surface area contributed by atoms with Gasteiger partial charge in [0, 0.05) is 12.1 Å². The van der Waals surface area contributed by atoms with Crippen LogP contribution in [0.3, 0.4) is 0 Å². The van der Waals surface area contributed by atoms with Crippen molar-refractivity contribution in [2.24, 2.45) is 0 Å². The van der Waals surface area contributed by atoms with Crippen molar-refractivity contribution in [3.8, 4) is 0 Å². The third-order valence-corrected chi connectivity index (χ3v) is 3.87. The Morgan fingerprint density at radius 1 is 1.16 bits per heavy atom. The summed E-state index contributed by atoms with van der Waals surface area (Å²) in [6, 6.07) is 3.17. The SMILES string of the molecule is Cc1cc(C)c(C(=O)N2CCCC2C(=O)O)cc1C. The van der Waals surface area contributed by atoms with E-state index in [4.69, 9.17) is 5.11 Å². The van der Waals surface area contributed by atoms with Crippen LogP contribution in [-0.2, 0) is 4.79 Å². The lowest BCUT2D eigenvalue weighted by molar-refractivity contribution is -0.141. The molecule has 1 amide bonds. The van der Waals surface area contributed by atoms with Crippen LogP contribution in [0, 0.1) is 20.8 Å². The van der Waals surface area contributed by atoms with Gasteiger partial charge in [-0.05, 0) is 56.4 Å². The number of hydrogen-bond donors (Lipinski definition) is 1. The molecule has 0 saturated carbocycles. The van der Waals surface area contributed by atoms with Crippen molar-refractivity contribution >= 4 is 11.9 Å². The van der Waals surface area contributed by atoms with Crippen LogP contribution in [0.4, 0.5) is 0 Å². The second-order valence-electron chi connectivity index (χ2n) is 5.25. The highest BCUT2D eigenvalue weighted by Crippen LogP contribution is 2.23. The van der Waals surface area contributed by atoms with Gasteiger partial charge in [-0.3, -0.25) is 4.79 Å². The molecule has 4 heteroatoms. The lowest BCUT2D eigenvalue weighted by atomic mass is 10.00. The van der Waals surface area contributed by atoms with Gasteiger partial charge in [0.2, 0.25) is 0 Å². The van der Waals surface area contributed by atoms with E-state index >= 15 is 0 Å². The summed E-state index contributed by atoms with van der Waals surface area (Å²) in [5, 5.41) is 9.15. The number of aryl methyl sites for hydroxylation is 3. The Morgan fingerprint density at radius 3 is 2.42 bits per heavy atom. The Kier molecular flexibility index (Phi) is 3.60. The maximum absolute atomic E-state index is 12.5. The van der Waals surface area contributed by atoms with Crippen LogP contribution in [0.25, 0.3) is 0 Å². The summed E-state index contributed by atoms with van der Waals surface area (Å²) in [7, 11) is 0. The second-order valence-corrected chi connectivity index (χ2v) is 5.25. The molecule has 1 heterocycles. The van der Waals surface area contributed by atoms with E-state index in [9.17, 15) is 9.59 Å². The number of benzene rings is 1. The van der Waals surface area contributed by atoms with E-state index in [0.29, 0.717) is 18.5 Å². The Hall–Kier alpha value is -1.84. The zero-order valence-electron chi connectivity index (χ0n) is 11.6. The van der Waals surface area contributed by atoms with Gasteiger partial charge in [0.1, 0.15) is 6.04 Å². The van der Waals surface area contributed by atoms with Gasteiger partial charge in [-0.1, -0.05) is 6.07 Å². The Bertz CT molecular complexity index is 536. The number of carbonyl (C=O) groups excluding carboxylic acids is 1. The summed E-state index contributed by atoms with van der Waals surface area (Å²) >= 11 is 0. The first-order valence-electron chi connectivity index (χ1n) is 6.53. The molecule has 1 aromatic rings. The van der Waals surface area contributed by atoms with Gasteiger partial charge in [-0.2, -0.15) is 0 Å². The normalized spacial score (nSPS) is 18.7. The second kappa shape index (κ2) is 5.03. The predicted molar refractivity (Wildman–Crippen MR) is 72.3 cm³/mol. The topological polar surface area (TPSA) is 57.6 Å². The molecule has 1 saturated heterocycles. The summed E-state index contributed by atoms with van der Waals surface area (Å²) in [5.41, 5.74) is 3.73. The number of nitrogens with zero attached hydrogens (tertiary/aromatic N) is 1.